The predicted molar refractivity (Wildman–Crippen MR) is 140 cm³/mol. The molecule has 7 heteroatoms. The summed E-state index contributed by atoms with van der Waals surface area (Å²) in [5.74, 6) is 2.33. The summed E-state index contributed by atoms with van der Waals surface area (Å²) in [6.45, 7) is 5.43. The molecule has 3 aromatic rings. The Balaban J connectivity index is 1.50. The Kier molecular flexibility index (Phi) is 5.97. The molecule has 3 aliphatic carbocycles. The van der Waals surface area contributed by atoms with E-state index in [1.807, 2.05) is 0 Å². The number of nitrogens with one attached hydrogen (secondary N) is 1. The minimum Gasteiger partial charge on any atom is -0.475 e. The molecule has 0 radical (unpaired) electrons. The lowest BCUT2D eigenvalue weighted by Crippen LogP contribution is -2.31. The van der Waals surface area contributed by atoms with Crippen LogP contribution in [0.4, 0.5) is 5.82 Å². The maximum absolute atomic E-state index is 12.0. The van der Waals surface area contributed by atoms with Crippen LogP contribution >= 0.6 is 0 Å². The van der Waals surface area contributed by atoms with Crippen LogP contribution in [-0.4, -0.2) is 36.6 Å². The van der Waals surface area contributed by atoms with E-state index in [1.54, 1.807) is 0 Å². The number of carboxylic acids is 1. The molecule has 0 aliphatic heterocycles. The molecule has 190 valence electrons. The lowest BCUT2D eigenvalue weighted by molar-refractivity contribution is 0.0684. The molecule has 0 bridgehead atoms. The summed E-state index contributed by atoms with van der Waals surface area (Å²) >= 11 is 0. The Labute approximate surface area is 212 Å². The molecule has 2 aromatic heterocycles. The van der Waals surface area contributed by atoms with E-state index in [9.17, 15) is 9.90 Å². The summed E-state index contributed by atoms with van der Waals surface area (Å²) in [6, 6.07) is 10.9. The van der Waals surface area contributed by atoms with Gasteiger partial charge in [-0.1, -0.05) is 56.5 Å². The Hall–Kier alpha value is -2.96. The molecule has 0 spiro atoms. The lowest BCUT2D eigenvalue weighted by Gasteiger charge is -2.32. The molecule has 6 rings (SSSR count). The topological polar surface area (TPSA) is 92.9 Å². The van der Waals surface area contributed by atoms with Crippen molar-refractivity contribution in [2.75, 3.05) is 5.32 Å². The van der Waals surface area contributed by atoms with Crippen LogP contribution < -0.4 is 5.32 Å². The fraction of sp³-hybridized carbons (Fsp3) is 0.586. The van der Waals surface area contributed by atoms with Crippen molar-refractivity contribution in [3.05, 3.63) is 47.5 Å². The minimum absolute atomic E-state index is 0.135. The lowest BCUT2D eigenvalue weighted by atomic mass is 9.80. The van der Waals surface area contributed by atoms with Crippen LogP contribution in [0.2, 0.25) is 0 Å². The van der Waals surface area contributed by atoms with Crippen molar-refractivity contribution < 1.29 is 9.90 Å². The number of fused-ring (bicyclic) bond motifs is 1. The van der Waals surface area contributed by atoms with Gasteiger partial charge in [-0.15, -0.1) is 0 Å². The highest BCUT2D eigenvalue weighted by Crippen LogP contribution is 2.54. The summed E-state index contributed by atoms with van der Waals surface area (Å²) < 4.78 is 2.37. The van der Waals surface area contributed by atoms with Crippen molar-refractivity contribution in [3.8, 4) is 0 Å². The first-order valence-electron chi connectivity index (χ1n) is 13.8. The number of anilines is 1. The number of imidazole rings is 1. The first-order valence-corrected chi connectivity index (χ1v) is 13.8. The summed E-state index contributed by atoms with van der Waals surface area (Å²) in [6.07, 6.45) is 10.7. The van der Waals surface area contributed by atoms with Gasteiger partial charge in [0, 0.05) is 12.6 Å². The maximum Gasteiger partial charge on any atom is 0.374 e. The third-order valence-corrected chi connectivity index (χ3v) is 9.10. The highest BCUT2D eigenvalue weighted by Gasteiger charge is 2.50. The smallest absolute Gasteiger partial charge is 0.374 e. The summed E-state index contributed by atoms with van der Waals surface area (Å²) in [4.78, 5) is 26.1. The number of benzene rings is 1. The second-order valence-electron chi connectivity index (χ2n) is 11.6. The minimum atomic E-state index is -1.11. The Bertz CT molecular complexity index is 1250. The molecule has 0 amide bonds. The quantitative estimate of drug-likeness (QED) is 0.403. The van der Waals surface area contributed by atoms with E-state index in [2.05, 4.69) is 64.0 Å². The third-order valence-electron chi connectivity index (χ3n) is 9.10. The highest BCUT2D eigenvalue weighted by atomic mass is 16.4. The van der Waals surface area contributed by atoms with E-state index in [-0.39, 0.29) is 17.3 Å². The van der Waals surface area contributed by atoms with Gasteiger partial charge in [-0.2, -0.15) is 0 Å². The molecular formula is C29H37N5O2. The molecular weight excluding hydrogens is 450 g/mol. The molecule has 3 fully saturated rings. The number of carbonyl (C=O) groups is 1. The first-order chi connectivity index (χ1) is 17.4. The number of hydrogen-bond acceptors (Lipinski definition) is 5. The number of aromatic carboxylic acids is 1. The van der Waals surface area contributed by atoms with Crippen molar-refractivity contribution >= 4 is 23.0 Å². The van der Waals surface area contributed by atoms with Gasteiger partial charge in [0.2, 0.25) is 5.82 Å². The zero-order valence-electron chi connectivity index (χ0n) is 21.4. The van der Waals surface area contributed by atoms with E-state index in [1.165, 1.54) is 50.5 Å². The predicted octanol–water partition coefficient (Wildman–Crippen LogP) is 6.03. The number of nitrogens with zero attached hydrogens (tertiary/aromatic N) is 4. The van der Waals surface area contributed by atoms with Gasteiger partial charge in [0.25, 0.3) is 0 Å². The zero-order chi connectivity index (χ0) is 24.9. The van der Waals surface area contributed by atoms with E-state index < -0.39 is 5.97 Å². The molecule has 2 heterocycles. The van der Waals surface area contributed by atoms with Crippen molar-refractivity contribution in [2.24, 2.45) is 17.8 Å². The van der Waals surface area contributed by atoms with E-state index in [0.29, 0.717) is 23.3 Å². The van der Waals surface area contributed by atoms with Crippen LogP contribution in [-0.2, 0) is 12.0 Å². The van der Waals surface area contributed by atoms with Gasteiger partial charge in [-0.25, -0.2) is 19.7 Å². The third kappa shape index (κ3) is 4.16. The van der Waals surface area contributed by atoms with E-state index >= 15 is 0 Å². The monoisotopic (exact) mass is 487 g/mol. The second kappa shape index (κ2) is 9.16. The number of carboxylic acid groups (broad SMARTS) is 1. The number of rotatable bonds is 8. The Morgan fingerprint density at radius 1 is 1.08 bits per heavy atom. The van der Waals surface area contributed by atoms with Crippen LogP contribution in [0.15, 0.2) is 30.3 Å². The molecule has 0 saturated heterocycles. The second-order valence-corrected chi connectivity index (χ2v) is 11.6. The van der Waals surface area contributed by atoms with Crippen LogP contribution in [0.1, 0.15) is 93.6 Å². The van der Waals surface area contributed by atoms with Crippen molar-refractivity contribution in [1.82, 2.24) is 19.5 Å². The molecule has 36 heavy (non-hydrogen) atoms. The summed E-state index contributed by atoms with van der Waals surface area (Å²) in [5.41, 5.74) is 2.53. The Morgan fingerprint density at radius 2 is 1.81 bits per heavy atom. The molecule has 1 aromatic carbocycles. The highest BCUT2D eigenvalue weighted by molar-refractivity contribution is 5.91. The van der Waals surface area contributed by atoms with Crippen molar-refractivity contribution in [3.63, 3.8) is 0 Å². The molecule has 7 nitrogen and oxygen atoms in total. The van der Waals surface area contributed by atoms with Gasteiger partial charge in [0.05, 0.1) is 5.41 Å². The molecule has 2 N–H and O–H groups in total. The fourth-order valence-corrected chi connectivity index (χ4v) is 6.34. The van der Waals surface area contributed by atoms with Crippen LogP contribution in [0.3, 0.4) is 0 Å². The van der Waals surface area contributed by atoms with Crippen LogP contribution in [0, 0.1) is 17.8 Å². The average molecular weight is 488 g/mol. The summed E-state index contributed by atoms with van der Waals surface area (Å²) in [5, 5.41) is 13.4. The molecule has 1 atom stereocenters. The van der Waals surface area contributed by atoms with Gasteiger partial charge in [-0.05, 0) is 68.8 Å². The van der Waals surface area contributed by atoms with Crippen LogP contribution in [0.25, 0.3) is 11.2 Å². The standard InChI is InChI=1S/C29H37N5O2/c1-18-11-13-20(14-12-18)17-34-23-24(30-19(2)21-7-6-8-21)31-26(27(35)36)32-25(23)33-28(34)29(15-16-29)22-9-4-3-5-10-22/h3-5,9-10,18-21H,6-8,11-17H2,1-2H3,(H,35,36)(H,30,31,32)/t18?,19-,20?/m1/s1. The van der Waals surface area contributed by atoms with Crippen LogP contribution in [0.5, 0.6) is 0 Å². The fourth-order valence-electron chi connectivity index (χ4n) is 6.34. The first kappa shape index (κ1) is 23.4. The van der Waals surface area contributed by atoms with Gasteiger partial charge < -0.3 is 15.0 Å². The van der Waals surface area contributed by atoms with Crippen molar-refractivity contribution in [2.45, 2.75) is 89.6 Å². The van der Waals surface area contributed by atoms with Gasteiger partial charge in [0.15, 0.2) is 11.5 Å². The largest absolute Gasteiger partial charge is 0.475 e. The normalized spacial score (nSPS) is 24.3. The van der Waals surface area contributed by atoms with Gasteiger partial charge in [0.1, 0.15) is 11.3 Å². The van der Waals surface area contributed by atoms with E-state index in [4.69, 9.17) is 4.98 Å². The number of aromatic nitrogens is 4. The molecule has 0 unspecified atom stereocenters. The zero-order valence-corrected chi connectivity index (χ0v) is 21.4. The molecule has 3 saturated carbocycles. The average Bonchev–Trinajstić information content (AvgIpc) is 3.56. The maximum atomic E-state index is 12.0. The van der Waals surface area contributed by atoms with E-state index in [0.717, 1.165) is 36.6 Å². The Morgan fingerprint density at radius 3 is 2.42 bits per heavy atom. The SMILES string of the molecule is CC1CCC(Cn2c(C3(c4ccccc4)CC3)nc3nc(C(=O)O)nc(N[C@H](C)C4CCC4)c32)CC1. The molecule has 3 aliphatic rings. The summed E-state index contributed by atoms with van der Waals surface area (Å²) in [7, 11) is 0. The van der Waals surface area contributed by atoms with Gasteiger partial charge in [-0.3, -0.25) is 0 Å². The number of hydrogen-bond donors (Lipinski definition) is 2. The van der Waals surface area contributed by atoms with Gasteiger partial charge >= 0.3 is 5.97 Å². The van der Waals surface area contributed by atoms with Crippen molar-refractivity contribution in [1.29, 1.82) is 0 Å².